The number of rotatable bonds is 6. The van der Waals surface area contributed by atoms with Crippen LogP contribution in [0.4, 0.5) is 0 Å². The lowest BCUT2D eigenvalue weighted by Crippen LogP contribution is -2.50. The first-order valence-electron chi connectivity index (χ1n) is 7.79. The predicted octanol–water partition coefficient (Wildman–Crippen LogP) is 3.87. The van der Waals surface area contributed by atoms with Crippen LogP contribution in [0.1, 0.15) is 53.9 Å². The van der Waals surface area contributed by atoms with Gasteiger partial charge in [-0.1, -0.05) is 6.92 Å². The van der Waals surface area contributed by atoms with Gasteiger partial charge in [-0.05, 0) is 65.5 Å². The molecule has 4 unspecified atom stereocenters. The van der Waals surface area contributed by atoms with Crippen LogP contribution in [0.15, 0.2) is 0 Å². The van der Waals surface area contributed by atoms with E-state index in [1.54, 1.807) is 0 Å². The molecule has 0 aromatic heterocycles. The van der Waals surface area contributed by atoms with Crippen molar-refractivity contribution in [2.24, 2.45) is 5.92 Å². The van der Waals surface area contributed by atoms with E-state index < -0.39 is 8.56 Å². The Bertz CT molecular complexity index is 319. The molecular formula is C15H30O3Si. The zero-order valence-electron chi connectivity index (χ0n) is 13.4. The molecule has 0 aromatic carbocycles. The molecule has 1 heterocycles. The Labute approximate surface area is 119 Å². The molecule has 0 bridgehead atoms. The Morgan fingerprint density at radius 3 is 2.47 bits per heavy atom. The average Bonchev–Trinajstić information content (AvgIpc) is 3.04. The Morgan fingerprint density at radius 2 is 1.95 bits per heavy atom. The highest BCUT2D eigenvalue weighted by Gasteiger charge is 2.49. The molecule has 1 aliphatic carbocycles. The van der Waals surface area contributed by atoms with Gasteiger partial charge in [-0.25, -0.2) is 0 Å². The maximum atomic E-state index is 6.55. The van der Waals surface area contributed by atoms with Gasteiger partial charge in [-0.15, -0.1) is 0 Å². The van der Waals surface area contributed by atoms with Gasteiger partial charge in [0.2, 0.25) is 0 Å². The van der Waals surface area contributed by atoms with Crippen molar-refractivity contribution in [3.8, 4) is 0 Å². The number of hydrogen-bond donors (Lipinski definition) is 0. The van der Waals surface area contributed by atoms with E-state index in [0.29, 0.717) is 18.1 Å². The van der Waals surface area contributed by atoms with Crippen LogP contribution < -0.4 is 0 Å². The SMILES string of the molecule is CC[Si](C)(OC(C)C)OC(C)(C)C1CCC2OC2C1. The molecule has 1 aliphatic heterocycles. The molecule has 0 N–H and O–H groups in total. The summed E-state index contributed by atoms with van der Waals surface area (Å²) in [7, 11) is -2.06. The fraction of sp³-hybridized carbons (Fsp3) is 1.00. The highest BCUT2D eigenvalue weighted by molar-refractivity contribution is 6.66. The summed E-state index contributed by atoms with van der Waals surface area (Å²) >= 11 is 0. The molecule has 1 saturated heterocycles. The summed E-state index contributed by atoms with van der Waals surface area (Å²) in [5.41, 5.74) is -0.0945. The first-order chi connectivity index (χ1) is 8.76. The molecule has 4 atom stereocenters. The van der Waals surface area contributed by atoms with Crippen LogP contribution >= 0.6 is 0 Å². The Morgan fingerprint density at radius 1 is 1.26 bits per heavy atom. The second-order valence-corrected chi connectivity index (χ2v) is 10.5. The molecule has 19 heavy (non-hydrogen) atoms. The molecule has 2 fully saturated rings. The fourth-order valence-corrected chi connectivity index (χ4v) is 5.99. The molecule has 1 saturated carbocycles. The molecule has 2 rings (SSSR count). The lowest BCUT2D eigenvalue weighted by atomic mass is 9.79. The minimum absolute atomic E-state index is 0.0945. The van der Waals surface area contributed by atoms with Crippen LogP contribution in [0.5, 0.6) is 0 Å². The summed E-state index contributed by atoms with van der Waals surface area (Å²) < 4.78 is 18.3. The lowest BCUT2D eigenvalue weighted by molar-refractivity contribution is -0.0143. The van der Waals surface area contributed by atoms with Gasteiger partial charge in [0.25, 0.3) is 0 Å². The summed E-state index contributed by atoms with van der Waals surface area (Å²) in [5, 5.41) is 0. The standard InChI is InChI=1S/C15H30O3Si/c1-7-19(6,17-11(2)3)18-15(4,5)12-8-9-13-14(10-12)16-13/h11-14H,7-10H2,1-6H3. The summed E-state index contributed by atoms with van der Waals surface area (Å²) in [6.07, 6.45) is 4.92. The molecule has 0 spiro atoms. The largest absolute Gasteiger partial charge is 0.392 e. The minimum atomic E-state index is -2.06. The molecule has 0 radical (unpaired) electrons. The van der Waals surface area contributed by atoms with E-state index in [-0.39, 0.29) is 11.7 Å². The quantitative estimate of drug-likeness (QED) is 0.548. The van der Waals surface area contributed by atoms with Crippen LogP contribution in [0.3, 0.4) is 0 Å². The van der Waals surface area contributed by atoms with Gasteiger partial charge in [0.1, 0.15) is 0 Å². The lowest BCUT2D eigenvalue weighted by Gasteiger charge is -2.42. The summed E-state index contributed by atoms with van der Waals surface area (Å²) in [6, 6.07) is 1.00. The van der Waals surface area contributed by atoms with Gasteiger partial charge in [-0.3, -0.25) is 0 Å². The van der Waals surface area contributed by atoms with Crippen LogP contribution in [0, 0.1) is 5.92 Å². The maximum Gasteiger partial charge on any atom is 0.335 e. The molecule has 0 aromatic rings. The van der Waals surface area contributed by atoms with E-state index in [2.05, 4.69) is 41.2 Å². The van der Waals surface area contributed by atoms with E-state index in [1.165, 1.54) is 12.8 Å². The molecular weight excluding hydrogens is 256 g/mol. The van der Waals surface area contributed by atoms with Crippen molar-refractivity contribution in [2.45, 2.75) is 90.4 Å². The number of fused-ring (bicyclic) bond motifs is 1. The monoisotopic (exact) mass is 286 g/mol. The van der Waals surface area contributed by atoms with Crippen molar-refractivity contribution >= 4 is 8.56 Å². The van der Waals surface area contributed by atoms with E-state index in [0.717, 1.165) is 12.5 Å². The third-order valence-electron chi connectivity index (χ3n) is 4.59. The second-order valence-electron chi connectivity index (χ2n) is 7.08. The van der Waals surface area contributed by atoms with E-state index in [9.17, 15) is 0 Å². The van der Waals surface area contributed by atoms with E-state index in [4.69, 9.17) is 13.6 Å². The van der Waals surface area contributed by atoms with Gasteiger partial charge < -0.3 is 13.6 Å². The average molecular weight is 286 g/mol. The second kappa shape index (κ2) is 5.47. The fourth-order valence-electron chi connectivity index (χ4n) is 3.35. The topological polar surface area (TPSA) is 31.0 Å². The highest BCUT2D eigenvalue weighted by Crippen LogP contribution is 2.45. The Kier molecular flexibility index (Phi) is 4.46. The minimum Gasteiger partial charge on any atom is -0.392 e. The molecule has 112 valence electrons. The van der Waals surface area contributed by atoms with Crippen molar-refractivity contribution in [3.63, 3.8) is 0 Å². The van der Waals surface area contributed by atoms with Crippen LogP contribution in [-0.4, -0.2) is 32.5 Å². The number of epoxide rings is 1. The van der Waals surface area contributed by atoms with Crippen molar-refractivity contribution in [3.05, 3.63) is 0 Å². The molecule has 3 nitrogen and oxygen atoms in total. The highest BCUT2D eigenvalue weighted by atomic mass is 28.4. The Hall–Kier alpha value is 0.0969. The third-order valence-corrected chi connectivity index (χ3v) is 7.81. The van der Waals surface area contributed by atoms with Gasteiger partial charge in [0.15, 0.2) is 0 Å². The van der Waals surface area contributed by atoms with Crippen LogP contribution in [0.25, 0.3) is 0 Å². The molecule has 2 aliphatic rings. The zero-order chi connectivity index (χ0) is 14.3. The zero-order valence-corrected chi connectivity index (χ0v) is 14.4. The van der Waals surface area contributed by atoms with Crippen LogP contribution in [-0.2, 0) is 13.6 Å². The van der Waals surface area contributed by atoms with Crippen molar-refractivity contribution in [1.29, 1.82) is 0 Å². The van der Waals surface area contributed by atoms with Crippen molar-refractivity contribution in [2.75, 3.05) is 0 Å². The van der Waals surface area contributed by atoms with Gasteiger partial charge in [-0.2, -0.15) is 0 Å². The summed E-state index contributed by atoms with van der Waals surface area (Å²) in [5.74, 6) is 0.602. The predicted molar refractivity (Wildman–Crippen MR) is 79.5 cm³/mol. The first-order valence-corrected chi connectivity index (χ1v) is 10.3. The van der Waals surface area contributed by atoms with Crippen molar-refractivity contribution in [1.82, 2.24) is 0 Å². The van der Waals surface area contributed by atoms with Gasteiger partial charge in [0.05, 0.1) is 17.8 Å². The third kappa shape index (κ3) is 3.81. The Balaban J connectivity index is 1.97. The van der Waals surface area contributed by atoms with Crippen LogP contribution in [0.2, 0.25) is 12.6 Å². The van der Waals surface area contributed by atoms with Gasteiger partial charge in [0, 0.05) is 6.10 Å². The summed E-state index contributed by atoms with van der Waals surface area (Å²) in [4.78, 5) is 0. The van der Waals surface area contributed by atoms with E-state index >= 15 is 0 Å². The first kappa shape index (κ1) is 15.5. The van der Waals surface area contributed by atoms with E-state index in [1.807, 2.05) is 0 Å². The number of ether oxygens (including phenoxy) is 1. The molecule has 4 heteroatoms. The van der Waals surface area contributed by atoms with Crippen molar-refractivity contribution < 1.29 is 13.6 Å². The normalized spacial score (nSPS) is 33.9. The molecule has 0 amide bonds. The van der Waals surface area contributed by atoms with Gasteiger partial charge >= 0.3 is 8.56 Å². The number of hydrogen-bond acceptors (Lipinski definition) is 3. The summed E-state index contributed by atoms with van der Waals surface area (Å²) in [6.45, 7) is 13.1. The smallest absolute Gasteiger partial charge is 0.335 e. The maximum absolute atomic E-state index is 6.55.